The van der Waals surface area contributed by atoms with Gasteiger partial charge in [0.15, 0.2) is 5.16 Å². The van der Waals surface area contributed by atoms with Gasteiger partial charge in [-0.3, -0.25) is 20.4 Å². The molecular formula is C30H34N8O2SSn. The summed E-state index contributed by atoms with van der Waals surface area (Å²) in [5.74, 6) is 1.85. The average molecular weight is 689 g/mol. The molecule has 0 N–H and O–H groups in total. The Bertz CT molecular complexity index is 1570. The molecule has 10 nitrogen and oxygen atoms in total. The van der Waals surface area contributed by atoms with Gasteiger partial charge in [0, 0.05) is 29.6 Å². The molecule has 0 atom stereocenters. The molecule has 0 aliphatic rings. The fraction of sp³-hybridized carbons (Fsp3) is 0.300. The fourth-order valence-corrected chi connectivity index (χ4v) is 5.17. The van der Waals surface area contributed by atoms with Crippen LogP contribution in [0.4, 0.5) is 5.69 Å². The average Bonchev–Trinajstić information content (AvgIpc) is 3.66. The van der Waals surface area contributed by atoms with Crippen molar-refractivity contribution in [1.29, 1.82) is 0 Å². The van der Waals surface area contributed by atoms with Gasteiger partial charge >= 0.3 is 34.6 Å². The molecule has 42 heavy (non-hydrogen) atoms. The summed E-state index contributed by atoms with van der Waals surface area (Å²) in [4.78, 5) is 18.2. The third-order valence-electron chi connectivity index (χ3n) is 6.18. The Morgan fingerprint density at radius 2 is 1.62 bits per heavy atom. The maximum atomic E-state index is 11.4. The van der Waals surface area contributed by atoms with Crippen molar-refractivity contribution in [2.75, 3.05) is 0 Å². The van der Waals surface area contributed by atoms with E-state index in [1.807, 2.05) is 30.3 Å². The van der Waals surface area contributed by atoms with E-state index in [1.54, 1.807) is 12.1 Å². The third-order valence-corrected chi connectivity index (χ3v) is 7.20. The number of nitrogens with zero attached hydrogens (tertiary/aromatic N) is 8. The van der Waals surface area contributed by atoms with Crippen molar-refractivity contribution >= 4 is 37.2 Å². The number of rotatable bonds is 11. The Kier molecular flexibility index (Phi) is 11.6. The van der Waals surface area contributed by atoms with Crippen LogP contribution in [0.5, 0.6) is 0 Å². The Balaban J connectivity index is 0.000000952. The van der Waals surface area contributed by atoms with E-state index >= 15 is 0 Å². The number of unbranched alkanes of at least 4 members (excludes halogenated alkanes) is 1. The van der Waals surface area contributed by atoms with Gasteiger partial charge in [-0.15, -0.1) is 10.2 Å². The molecule has 0 saturated heterocycles. The van der Waals surface area contributed by atoms with Crippen LogP contribution >= 0.6 is 11.8 Å². The number of tetrazole rings is 1. The number of nitro groups is 1. The van der Waals surface area contributed by atoms with Crippen molar-refractivity contribution in [1.82, 2.24) is 35.4 Å². The van der Waals surface area contributed by atoms with E-state index in [0.29, 0.717) is 23.7 Å². The second kappa shape index (κ2) is 15.6. The number of hydrogen-bond donors (Lipinski definition) is 0. The number of hydrogen-bond acceptors (Lipinski definition) is 8. The Labute approximate surface area is 257 Å². The first kappa shape index (κ1) is 31.4. The summed E-state index contributed by atoms with van der Waals surface area (Å²) in [7, 11) is 0. The molecule has 0 bridgehead atoms. The molecule has 3 aromatic carbocycles. The normalized spacial score (nSPS) is 10.7. The molecule has 5 rings (SSSR count). The topological polar surface area (TPSA) is 127 Å². The van der Waals surface area contributed by atoms with Gasteiger partial charge in [0.25, 0.3) is 5.69 Å². The summed E-state index contributed by atoms with van der Waals surface area (Å²) >= 11 is 0.922. The van der Waals surface area contributed by atoms with Gasteiger partial charge < -0.3 is 9.67 Å². The van der Waals surface area contributed by atoms with Crippen LogP contribution < -0.4 is 5.10 Å². The maximum absolute atomic E-state index is 11.4. The summed E-state index contributed by atoms with van der Waals surface area (Å²) in [6, 6.07) is 23.1. The van der Waals surface area contributed by atoms with Gasteiger partial charge in [-0.05, 0) is 28.7 Å². The molecule has 0 unspecified atom stereocenters. The first-order valence-electron chi connectivity index (χ1n) is 13.8. The first-order chi connectivity index (χ1) is 20.4. The zero-order valence-corrected chi connectivity index (χ0v) is 27.9. The molecular weight excluding hydrogens is 655 g/mol. The Morgan fingerprint density at radius 1 is 0.929 bits per heavy atom. The second-order valence-electron chi connectivity index (χ2n) is 10.2. The van der Waals surface area contributed by atoms with E-state index < -0.39 is 19.8 Å². The van der Waals surface area contributed by atoms with Crippen molar-refractivity contribution in [2.45, 2.75) is 58.5 Å². The van der Waals surface area contributed by atoms with Gasteiger partial charge in [0.2, 0.25) is 0 Å². The molecule has 0 spiro atoms. The van der Waals surface area contributed by atoms with Crippen molar-refractivity contribution < 1.29 is 4.92 Å². The third kappa shape index (κ3) is 8.48. The monoisotopic (exact) mass is 690 g/mol. The summed E-state index contributed by atoms with van der Waals surface area (Å²) in [6.45, 7) is 2.75. The first-order valence-corrected chi connectivity index (χ1v) is 23.3. The van der Waals surface area contributed by atoms with Gasteiger partial charge in [0.1, 0.15) is 5.82 Å². The van der Waals surface area contributed by atoms with E-state index in [9.17, 15) is 10.1 Å². The number of nitro benzene ring substituents is 1. The fourth-order valence-electron chi connectivity index (χ4n) is 4.21. The second-order valence-corrected chi connectivity index (χ2v) is 19.7. The van der Waals surface area contributed by atoms with Crippen LogP contribution in [0.3, 0.4) is 0 Å². The number of aryl methyl sites for hydroxylation is 1. The van der Waals surface area contributed by atoms with Crippen LogP contribution in [-0.4, -0.2) is 55.0 Å². The molecule has 2 aromatic heterocycles. The zero-order chi connectivity index (χ0) is 29.9. The van der Waals surface area contributed by atoms with Crippen LogP contribution in [0, 0.1) is 10.1 Å². The van der Waals surface area contributed by atoms with Gasteiger partial charge in [0.05, 0.1) is 11.5 Å². The molecule has 0 radical (unpaired) electrons. The molecule has 0 saturated carbocycles. The van der Waals surface area contributed by atoms with Crippen LogP contribution in [-0.2, 0) is 18.7 Å². The van der Waals surface area contributed by atoms with Gasteiger partial charge in [-0.25, -0.2) is 0 Å². The molecule has 0 aliphatic heterocycles. The van der Waals surface area contributed by atoms with Crippen LogP contribution in [0.1, 0.15) is 36.7 Å². The minimum atomic E-state index is -0.543. The van der Waals surface area contributed by atoms with E-state index in [0.717, 1.165) is 52.5 Å². The predicted molar refractivity (Wildman–Crippen MR) is 168 cm³/mol. The van der Waals surface area contributed by atoms with Gasteiger partial charge in [-0.2, -0.15) is 5.21 Å². The summed E-state index contributed by atoms with van der Waals surface area (Å²) < 4.78 is 2.12. The molecule has 2 heterocycles. The minimum absolute atomic E-state index is 0.117. The number of para-hydroxylation sites is 1. The summed E-state index contributed by atoms with van der Waals surface area (Å²) in [5.41, 5.74) is 4.79. The quantitative estimate of drug-likeness (QED) is 0.0643. The van der Waals surface area contributed by atoms with Crippen molar-refractivity contribution in [3.8, 4) is 22.5 Å². The van der Waals surface area contributed by atoms with E-state index in [4.69, 9.17) is 0 Å². The van der Waals surface area contributed by atoms with E-state index in [1.165, 1.54) is 17.8 Å². The van der Waals surface area contributed by atoms with Crippen molar-refractivity contribution in [3.63, 3.8) is 0 Å². The molecule has 5 aromatic rings. The van der Waals surface area contributed by atoms with Crippen LogP contribution in [0.15, 0.2) is 78.0 Å². The van der Waals surface area contributed by atoms with E-state index in [2.05, 4.69) is 81.4 Å². The number of benzene rings is 3. The number of aromatic nitrogens is 7. The standard InChI is InChI=1S/C27H25N8O2S.3CH3.Sn/c1-2-3-12-25-28-31-27(38-18-21-8-4-7-11-24(21)35(36)37)34(25)17-19-13-15-20(16-14-19)22-9-5-6-10-23(22)26-29-32-33-30-26;;;;/h4-11,13-16H,2-3,12,17-18H2,1H3;3*1H3;/q-1;;;;+1. The van der Waals surface area contributed by atoms with Crippen LogP contribution in [0.25, 0.3) is 22.5 Å². The zero-order valence-electron chi connectivity index (χ0n) is 24.3. The number of thioether (sulfide) groups is 1. The molecule has 12 heteroatoms. The molecule has 0 fully saturated rings. The predicted octanol–water partition coefficient (Wildman–Crippen LogP) is 6.72. The Morgan fingerprint density at radius 3 is 2.29 bits per heavy atom. The van der Waals surface area contributed by atoms with E-state index in [-0.39, 0.29) is 10.6 Å². The Hall–Kier alpha value is -3.58. The SMILES string of the molecule is CCCCc1nnc(SCc2ccccc2[N+](=O)[O-])n1Cc1ccc(-c2ccccc2-c2nnn[n-]2)cc1.[CH3][Sn+]([CH3])[CH3]. The van der Waals surface area contributed by atoms with Gasteiger partial charge in [-0.1, -0.05) is 91.8 Å². The van der Waals surface area contributed by atoms with Crippen molar-refractivity contribution in [3.05, 3.63) is 99.9 Å². The summed E-state index contributed by atoms with van der Waals surface area (Å²) in [6.07, 6.45) is 2.89. The summed E-state index contributed by atoms with van der Waals surface area (Å²) in [5, 5.41) is 36.3. The molecule has 0 amide bonds. The molecule has 216 valence electrons. The van der Waals surface area contributed by atoms with Crippen molar-refractivity contribution in [2.24, 2.45) is 0 Å². The molecule has 0 aliphatic carbocycles. The van der Waals surface area contributed by atoms with Crippen LogP contribution in [0.2, 0.25) is 14.8 Å².